The summed E-state index contributed by atoms with van der Waals surface area (Å²) in [5, 5.41) is 105. The van der Waals surface area contributed by atoms with Gasteiger partial charge in [-0.05, 0) is 149 Å². The Hall–Kier alpha value is -13.9. The highest BCUT2D eigenvalue weighted by molar-refractivity contribution is 7.98. The molecule has 52 heteroatoms. The van der Waals surface area contributed by atoms with Crippen molar-refractivity contribution in [1.82, 2.24) is 94.5 Å². The van der Waals surface area contributed by atoms with Gasteiger partial charge in [-0.25, -0.2) is 4.79 Å². The quantitative estimate of drug-likeness (QED) is 0.0233. The van der Waals surface area contributed by atoms with Gasteiger partial charge in [0.25, 0.3) is 0 Å². The van der Waals surface area contributed by atoms with Crippen LogP contribution in [-0.4, -0.2) is 353 Å². The number of nitrogens with one attached hydrogen (secondary N) is 15. The predicted molar refractivity (Wildman–Crippen MR) is 521 cm³/mol. The first-order chi connectivity index (χ1) is 68.6. The van der Waals surface area contributed by atoms with Crippen LogP contribution in [0.5, 0.6) is 11.5 Å². The molecule has 0 radical (unpaired) electrons. The molecule has 0 unspecified atom stereocenters. The highest BCUT2D eigenvalue weighted by atomic mass is 32.2. The van der Waals surface area contributed by atoms with E-state index in [9.17, 15) is 136 Å². The van der Waals surface area contributed by atoms with Gasteiger partial charge in [0.05, 0.1) is 32.8 Å². The summed E-state index contributed by atoms with van der Waals surface area (Å²) < 4.78 is 0. The van der Waals surface area contributed by atoms with E-state index < -0.39 is 297 Å². The van der Waals surface area contributed by atoms with E-state index in [1.54, 1.807) is 64.3 Å². The van der Waals surface area contributed by atoms with E-state index in [0.717, 1.165) is 9.80 Å². The molecule has 3 fully saturated rings. The lowest BCUT2D eigenvalue weighted by Crippen LogP contribution is -2.61. The van der Waals surface area contributed by atoms with E-state index >= 15 is 4.79 Å². The molecular weight excluding hydrogens is 1940 g/mol. The van der Waals surface area contributed by atoms with Crippen LogP contribution in [0.4, 0.5) is 0 Å². The number of nitrogens with two attached hydrogens (primary N) is 3. The normalized spacial score (nSPS) is 17.4. The second-order valence-corrected chi connectivity index (χ2v) is 37.6. The average Bonchev–Trinajstić information content (AvgIpc) is 1.66. The number of carbonyl (C=O) groups excluding carboxylic acids is 20. The molecule has 3 aromatic carbocycles. The molecule has 3 aliphatic rings. The van der Waals surface area contributed by atoms with Crippen molar-refractivity contribution in [2.75, 3.05) is 63.8 Å². The molecule has 3 aromatic rings. The summed E-state index contributed by atoms with van der Waals surface area (Å²) >= 11 is 5.49. The standard InChI is InChI=1S/C93H135N21O29S2/c1-47(2)36-60(82(131)101-58(28-30-75(123)124)79(128)110-67(45-117)93(142)143)104-86(135)68(46-144)111-85(134)66(44-116)109-89(138)71-18-13-33-113(71)91(140)64(37-48(3)4)107-84(133)62(39-53-21-25-55(119)26-22-53)105-87(136)69-16-11-32-112(69)90(139)50(6)99-81(130)63(41-73(96)121)106-88(137)70-17-12-34-114(70)92(141)65(40-51-14-9-8-10-15-51)108-80(129)59(31-35-145-7)102-83(132)61(38-52-19-23-54(118)24-20-52)103-76(125)49(5)98-78(127)57(27-29-72(95)120)100-74(122)42-97-77(126)56(94)43-115/h8-10,14-15,19-26,47-50,56-71,115-119,144H,11-13,16-18,27-46,94H2,1-7H3,(H2,95,120)(H2,96,121)(H,97,126)(H,98,127)(H,99,130)(H,100,122)(H,101,131)(H,102,132)(H,103,125)(H,104,135)(H,105,136)(H,106,137)(H,107,133)(H,108,129)(H,109,138)(H,110,128)(H,111,134)(H,123,124)(H,142,143)/t49-,50-,56-,57-,58-,59-,60-,61-,62-,63-,64-,65-,66-,67-,68-,69-,70-,71-/m0/s1. The maximum atomic E-state index is 15.2. The van der Waals surface area contributed by atoms with Crippen molar-refractivity contribution in [3.8, 4) is 11.5 Å². The molecular formula is C93H135N21O29S2. The lowest BCUT2D eigenvalue weighted by molar-refractivity contribution is -0.144. The molecule has 0 aliphatic carbocycles. The van der Waals surface area contributed by atoms with Crippen molar-refractivity contribution in [1.29, 1.82) is 0 Å². The van der Waals surface area contributed by atoms with Crippen LogP contribution in [0, 0.1) is 11.8 Å². The van der Waals surface area contributed by atoms with Gasteiger partial charge in [-0.15, -0.1) is 0 Å². The molecule has 0 aromatic heterocycles. The first-order valence-electron chi connectivity index (χ1n) is 47.3. The molecule has 0 saturated carbocycles. The number of carboxylic acid groups (broad SMARTS) is 2. The lowest BCUT2D eigenvalue weighted by Gasteiger charge is -2.32. The number of aliphatic hydroxyl groups is 3. The lowest BCUT2D eigenvalue weighted by atomic mass is 10.00. The third-order valence-electron chi connectivity index (χ3n) is 23.9. The number of hydrogen-bond donors (Lipinski definition) is 26. The molecule has 798 valence electrons. The molecule has 3 heterocycles. The Morgan fingerprint density at radius 1 is 0.386 bits per heavy atom. The summed E-state index contributed by atoms with van der Waals surface area (Å²) in [5.74, 6) is -23.5. The minimum Gasteiger partial charge on any atom is -0.508 e. The van der Waals surface area contributed by atoms with Gasteiger partial charge in [0.2, 0.25) is 118 Å². The van der Waals surface area contributed by atoms with Gasteiger partial charge in [-0.2, -0.15) is 24.4 Å². The van der Waals surface area contributed by atoms with Gasteiger partial charge < -0.3 is 147 Å². The zero-order valence-electron chi connectivity index (χ0n) is 81.5. The van der Waals surface area contributed by atoms with Crippen molar-refractivity contribution in [3.05, 3.63) is 95.6 Å². The van der Waals surface area contributed by atoms with E-state index in [1.165, 1.54) is 79.0 Å². The van der Waals surface area contributed by atoms with Crippen LogP contribution >= 0.6 is 24.4 Å². The topological polar surface area (TPSA) is 785 Å². The Kier molecular flexibility index (Phi) is 49.1. The summed E-state index contributed by atoms with van der Waals surface area (Å²) in [6.45, 7) is 5.47. The van der Waals surface area contributed by atoms with Gasteiger partial charge in [0, 0.05) is 57.5 Å². The molecule has 0 bridgehead atoms. The number of rotatable bonds is 59. The fourth-order valence-corrected chi connectivity index (χ4v) is 16.9. The SMILES string of the molecule is CSCC[C@H](NC(=O)[C@H](Cc1ccc(O)cc1)NC(=O)[C@H](C)NC(=O)[C@H](CCC(N)=O)NC(=O)CNC(=O)[C@@H](N)CO)C(=O)N[C@@H](Cc1ccccc1)C(=O)N1CCC[C@H]1C(=O)N[C@@H](CC(N)=O)C(=O)N[C@@H](C)C(=O)N1CCC[C@H]1C(=O)N[C@@H](Cc1ccc(O)cc1)C(=O)N[C@@H](CC(C)C)C(=O)N1CCC[C@H]1C(=O)N[C@@H](CO)C(=O)N[C@@H](CS)C(=O)N[C@@H](CC(C)C)C(=O)N[C@@H](CCC(=O)O)C(=O)N[C@@H](CO)C(=O)O. The number of phenols is 2. The fourth-order valence-electron chi connectivity index (χ4n) is 16.1. The van der Waals surface area contributed by atoms with E-state index in [1.807, 2.05) is 5.32 Å². The average molecular weight is 2080 g/mol. The minimum absolute atomic E-state index is 0.00365. The number of aliphatic carboxylic acids is 2. The third-order valence-corrected chi connectivity index (χ3v) is 24.9. The Morgan fingerprint density at radius 2 is 0.759 bits per heavy atom. The number of likely N-dealkylation sites (tertiary alicyclic amines) is 3. The first-order valence-corrected chi connectivity index (χ1v) is 49.4. The Morgan fingerprint density at radius 3 is 1.23 bits per heavy atom. The van der Waals surface area contributed by atoms with Crippen LogP contribution in [-0.2, 0) is 125 Å². The van der Waals surface area contributed by atoms with Gasteiger partial charge in [-0.1, -0.05) is 82.3 Å². The first kappa shape index (κ1) is 120. The number of amides is 20. The van der Waals surface area contributed by atoms with Crippen LogP contribution in [0.15, 0.2) is 78.9 Å². The van der Waals surface area contributed by atoms with Gasteiger partial charge in [-0.3, -0.25) is 101 Å². The van der Waals surface area contributed by atoms with E-state index in [0.29, 0.717) is 16.7 Å². The molecule has 3 aliphatic heterocycles. The number of aliphatic hydroxyl groups excluding tert-OH is 3. The van der Waals surface area contributed by atoms with Crippen molar-refractivity contribution in [3.63, 3.8) is 0 Å². The number of thiol groups is 1. The number of phenolic OH excluding ortho intramolecular Hbond substituents is 2. The number of primary amides is 2. The monoisotopic (exact) mass is 2070 g/mol. The van der Waals surface area contributed by atoms with Crippen molar-refractivity contribution < 1.29 is 141 Å². The second-order valence-electron chi connectivity index (χ2n) is 36.3. The maximum Gasteiger partial charge on any atom is 0.328 e. The Balaban J connectivity index is 1.14. The maximum absolute atomic E-state index is 15.2. The molecule has 20 amide bonds. The summed E-state index contributed by atoms with van der Waals surface area (Å²) in [5.41, 5.74) is 17.8. The fraction of sp³-hybridized carbons (Fsp3) is 0.570. The molecule has 28 N–H and O–H groups in total. The van der Waals surface area contributed by atoms with Crippen LogP contribution in [0.2, 0.25) is 0 Å². The van der Waals surface area contributed by atoms with Gasteiger partial charge in [0.1, 0.15) is 120 Å². The Labute approximate surface area is 845 Å². The van der Waals surface area contributed by atoms with Crippen molar-refractivity contribution in [2.24, 2.45) is 29.0 Å². The second kappa shape index (κ2) is 59.4. The van der Waals surface area contributed by atoms with E-state index in [4.69, 9.17) is 17.2 Å². The van der Waals surface area contributed by atoms with Crippen LogP contribution in [0.1, 0.15) is 148 Å². The Bertz CT molecular complexity index is 5050. The van der Waals surface area contributed by atoms with Gasteiger partial charge >= 0.3 is 11.9 Å². The summed E-state index contributed by atoms with van der Waals surface area (Å²) in [6.07, 6.45) is -1.59. The molecule has 0 spiro atoms. The number of carboxylic acids is 2. The van der Waals surface area contributed by atoms with E-state index in [-0.39, 0.29) is 132 Å². The predicted octanol–water partition coefficient (Wildman–Crippen LogP) is -7.79. The van der Waals surface area contributed by atoms with Gasteiger partial charge in [0.15, 0.2) is 0 Å². The highest BCUT2D eigenvalue weighted by Gasteiger charge is 2.46. The molecule has 6 rings (SSSR count). The summed E-state index contributed by atoms with van der Waals surface area (Å²) in [7, 11) is 0. The molecule has 3 saturated heterocycles. The van der Waals surface area contributed by atoms with Crippen LogP contribution in [0.3, 0.4) is 0 Å². The summed E-state index contributed by atoms with van der Waals surface area (Å²) in [4.78, 5) is 306. The smallest absolute Gasteiger partial charge is 0.328 e. The largest absolute Gasteiger partial charge is 0.508 e. The number of nitrogens with zero attached hydrogens (tertiary/aromatic N) is 3. The molecule has 18 atom stereocenters. The van der Waals surface area contributed by atoms with E-state index in [2.05, 4.69) is 87.1 Å². The number of aromatic hydroxyl groups is 2. The summed E-state index contributed by atoms with van der Waals surface area (Å²) in [6, 6.07) is -8.17. The van der Waals surface area contributed by atoms with Crippen molar-refractivity contribution >= 4 is 154 Å². The van der Waals surface area contributed by atoms with Crippen LogP contribution in [0.25, 0.3) is 0 Å². The zero-order valence-corrected chi connectivity index (χ0v) is 83.2. The highest BCUT2D eigenvalue weighted by Crippen LogP contribution is 2.26. The number of hydrogen-bond acceptors (Lipinski definition) is 30. The number of thioether (sulfide) groups is 1. The number of carbonyl (C=O) groups is 22. The molecule has 50 nitrogen and oxygen atoms in total. The molecule has 145 heavy (non-hydrogen) atoms. The zero-order chi connectivity index (χ0) is 108. The third kappa shape index (κ3) is 38.6. The number of benzene rings is 3. The van der Waals surface area contributed by atoms with Crippen LogP contribution < -0.4 is 97.0 Å². The van der Waals surface area contributed by atoms with Crippen molar-refractivity contribution in [2.45, 2.75) is 259 Å². The minimum atomic E-state index is -1.83.